The monoisotopic (exact) mass is 227 g/mol. The van der Waals surface area contributed by atoms with Gasteiger partial charge < -0.3 is 5.11 Å². The molecule has 0 aromatic carbocycles. The minimum absolute atomic E-state index is 0.0743. The first-order valence-corrected chi connectivity index (χ1v) is 5.80. The molecule has 4 heteroatoms. The minimum atomic E-state index is -0.208. The van der Waals surface area contributed by atoms with Gasteiger partial charge in [-0.25, -0.2) is 0 Å². The summed E-state index contributed by atoms with van der Waals surface area (Å²) in [6.07, 6.45) is 1.52. The highest BCUT2D eigenvalue weighted by molar-refractivity contribution is 5.97. The van der Waals surface area contributed by atoms with Crippen molar-refractivity contribution < 1.29 is 14.7 Å². The van der Waals surface area contributed by atoms with Crippen LogP contribution in [-0.4, -0.2) is 35.0 Å². The van der Waals surface area contributed by atoms with Gasteiger partial charge in [0.25, 0.3) is 0 Å². The minimum Gasteiger partial charge on any atom is -0.396 e. The van der Waals surface area contributed by atoms with E-state index in [1.807, 2.05) is 20.8 Å². The molecule has 1 N–H and O–H groups in total. The topological polar surface area (TPSA) is 57.6 Å². The first kappa shape index (κ1) is 13.2. The highest BCUT2D eigenvalue weighted by atomic mass is 16.3. The first-order chi connectivity index (χ1) is 7.35. The Morgan fingerprint density at radius 2 is 1.81 bits per heavy atom. The van der Waals surface area contributed by atoms with E-state index >= 15 is 0 Å². The molecule has 0 aromatic rings. The van der Waals surface area contributed by atoms with E-state index < -0.39 is 0 Å². The summed E-state index contributed by atoms with van der Waals surface area (Å²) in [5, 5.41) is 8.92. The van der Waals surface area contributed by atoms with Crippen LogP contribution in [0.4, 0.5) is 0 Å². The number of hydrogen-bond donors (Lipinski definition) is 1. The summed E-state index contributed by atoms with van der Waals surface area (Å²) in [5.41, 5.74) is -0.208. The molecule has 92 valence electrons. The number of likely N-dealkylation sites (tertiary alicyclic amines) is 1. The van der Waals surface area contributed by atoms with Gasteiger partial charge >= 0.3 is 0 Å². The van der Waals surface area contributed by atoms with E-state index in [2.05, 4.69) is 0 Å². The molecule has 0 aliphatic carbocycles. The van der Waals surface area contributed by atoms with Crippen molar-refractivity contribution >= 4 is 11.8 Å². The van der Waals surface area contributed by atoms with E-state index in [1.54, 1.807) is 0 Å². The number of aliphatic hydroxyl groups excluding tert-OH is 1. The zero-order valence-electron chi connectivity index (χ0n) is 10.3. The number of amides is 2. The summed E-state index contributed by atoms with van der Waals surface area (Å²) >= 11 is 0. The molecule has 0 bridgehead atoms. The number of carbonyl (C=O) groups excluding carboxylic acids is 2. The molecule has 1 aliphatic heterocycles. The summed E-state index contributed by atoms with van der Waals surface area (Å²) in [6, 6.07) is 0. The van der Waals surface area contributed by atoms with E-state index in [-0.39, 0.29) is 29.8 Å². The number of hydrogen-bond acceptors (Lipinski definition) is 3. The lowest BCUT2D eigenvalue weighted by atomic mass is 9.87. The Morgan fingerprint density at radius 3 is 2.25 bits per heavy atom. The summed E-state index contributed by atoms with van der Waals surface area (Å²) in [6.45, 7) is 6.34. The van der Waals surface area contributed by atoms with Crippen molar-refractivity contribution in [2.45, 2.75) is 40.0 Å². The maximum absolute atomic E-state index is 11.7. The number of imide groups is 1. The third kappa shape index (κ3) is 3.30. The predicted molar refractivity (Wildman–Crippen MR) is 60.6 cm³/mol. The van der Waals surface area contributed by atoms with Gasteiger partial charge in [0, 0.05) is 26.0 Å². The maximum atomic E-state index is 11.7. The molecule has 2 amide bonds. The molecule has 1 heterocycles. The second-order valence-electron chi connectivity index (χ2n) is 5.52. The van der Waals surface area contributed by atoms with E-state index in [4.69, 9.17) is 5.11 Å². The molecular formula is C12H21NO3. The number of aliphatic hydroxyl groups is 1. The Morgan fingerprint density at radius 1 is 1.31 bits per heavy atom. The molecule has 0 radical (unpaired) electrons. The summed E-state index contributed by atoms with van der Waals surface area (Å²) in [4.78, 5) is 24.8. The fraction of sp³-hybridized carbons (Fsp3) is 0.833. The van der Waals surface area contributed by atoms with Crippen molar-refractivity contribution in [2.24, 2.45) is 11.3 Å². The Bertz CT molecular complexity index is 268. The third-order valence-corrected chi connectivity index (χ3v) is 3.02. The Kier molecular flexibility index (Phi) is 4.08. The standard InChI is InChI=1S/C12H21NO3/c1-9-6-10(15)13(11(16)7-9)8-12(2,3)4-5-14/h9,14H,4-8H2,1-3H3. The van der Waals surface area contributed by atoms with Gasteiger partial charge in [-0.3, -0.25) is 14.5 Å². The normalized spacial score (nSPS) is 19.4. The van der Waals surface area contributed by atoms with Crippen LogP contribution in [-0.2, 0) is 9.59 Å². The Balaban J connectivity index is 2.66. The zero-order chi connectivity index (χ0) is 12.3. The van der Waals surface area contributed by atoms with Crippen LogP contribution in [0, 0.1) is 11.3 Å². The molecule has 0 saturated carbocycles. The van der Waals surface area contributed by atoms with Crippen LogP contribution in [0.5, 0.6) is 0 Å². The average Bonchev–Trinajstić information content (AvgIpc) is 2.11. The number of piperidine rings is 1. The van der Waals surface area contributed by atoms with Crippen LogP contribution < -0.4 is 0 Å². The van der Waals surface area contributed by atoms with Gasteiger partial charge in [0.1, 0.15) is 0 Å². The molecule has 0 spiro atoms. The summed E-state index contributed by atoms with van der Waals surface area (Å²) in [5.74, 6) is 0.0155. The predicted octanol–water partition coefficient (Wildman–Crippen LogP) is 1.18. The van der Waals surface area contributed by atoms with Crippen LogP contribution in [0.1, 0.15) is 40.0 Å². The van der Waals surface area contributed by atoms with E-state index in [0.29, 0.717) is 25.8 Å². The summed E-state index contributed by atoms with van der Waals surface area (Å²) in [7, 11) is 0. The largest absolute Gasteiger partial charge is 0.396 e. The molecule has 0 atom stereocenters. The lowest BCUT2D eigenvalue weighted by Gasteiger charge is -2.34. The smallest absolute Gasteiger partial charge is 0.229 e. The summed E-state index contributed by atoms with van der Waals surface area (Å²) < 4.78 is 0. The fourth-order valence-electron chi connectivity index (χ4n) is 2.01. The van der Waals surface area contributed by atoms with Crippen molar-refractivity contribution in [3.63, 3.8) is 0 Å². The van der Waals surface area contributed by atoms with Crippen LogP contribution >= 0.6 is 0 Å². The van der Waals surface area contributed by atoms with Gasteiger partial charge in [0.2, 0.25) is 11.8 Å². The van der Waals surface area contributed by atoms with Gasteiger partial charge in [-0.2, -0.15) is 0 Å². The fourth-order valence-corrected chi connectivity index (χ4v) is 2.01. The van der Waals surface area contributed by atoms with E-state index in [1.165, 1.54) is 4.90 Å². The quantitative estimate of drug-likeness (QED) is 0.734. The highest BCUT2D eigenvalue weighted by Crippen LogP contribution is 2.26. The molecule has 1 aliphatic rings. The second-order valence-corrected chi connectivity index (χ2v) is 5.52. The molecule has 4 nitrogen and oxygen atoms in total. The molecule has 1 saturated heterocycles. The zero-order valence-corrected chi connectivity index (χ0v) is 10.3. The van der Waals surface area contributed by atoms with Crippen LogP contribution in [0.2, 0.25) is 0 Å². The number of rotatable bonds is 4. The molecule has 16 heavy (non-hydrogen) atoms. The molecule has 1 rings (SSSR count). The average molecular weight is 227 g/mol. The van der Waals surface area contributed by atoms with Gasteiger partial charge in [-0.1, -0.05) is 20.8 Å². The lowest BCUT2D eigenvalue weighted by Crippen LogP contribution is -2.47. The van der Waals surface area contributed by atoms with E-state index in [9.17, 15) is 9.59 Å². The lowest BCUT2D eigenvalue weighted by molar-refractivity contribution is -0.151. The Labute approximate surface area is 96.6 Å². The van der Waals surface area contributed by atoms with Crippen molar-refractivity contribution in [2.75, 3.05) is 13.2 Å². The van der Waals surface area contributed by atoms with Crippen LogP contribution in [0.15, 0.2) is 0 Å². The van der Waals surface area contributed by atoms with Crippen molar-refractivity contribution in [1.29, 1.82) is 0 Å². The van der Waals surface area contributed by atoms with Gasteiger partial charge in [0.05, 0.1) is 0 Å². The first-order valence-electron chi connectivity index (χ1n) is 5.80. The molecule has 1 fully saturated rings. The molecular weight excluding hydrogens is 206 g/mol. The molecule has 0 unspecified atom stereocenters. The number of carbonyl (C=O) groups is 2. The van der Waals surface area contributed by atoms with Gasteiger partial charge in [-0.05, 0) is 17.8 Å². The van der Waals surface area contributed by atoms with Crippen molar-refractivity contribution in [1.82, 2.24) is 4.90 Å². The third-order valence-electron chi connectivity index (χ3n) is 3.02. The Hall–Kier alpha value is -0.900. The maximum Gasteiger partial charge on any atom is 0.229 e. The van der Waals surface area contributed by atoms with Gasteiger partial charge in [0.15, 0.2) is 0 Å². The van der Waals surface area contributed by atoms with Crippen molar-refractivity contribution in [3.8, 4) is 0 Å². The van der Waals surface area contributed by atoms with Crippen LogP contribution in [0.25, 0.3) is 0 Å². The molecule has 0 aromatic heterocycles. The SMILES string of the molecule is CC1CC(=O)N(CC(C)(C)CCO)C(=O)C1. The van der Waals surface area contributed by atoms with Gasteiger partial charge in [-0.15, -0.1) is 0 Å². The van der Waals surface area contributed by atoms with Crippen LogP contribution in [0.3, 0.4) is 0 Å². The number of nitrogens with zero attached hydrogens (tertiary/aromatic N) is 1. The van der Waals surface area contributed by atoms with Crippen molar-refractivity contribution in [3.05, 3.63) is 0 Å². The highest BCUT2D eigenvalue weighted by Gasteiger charge is 2.33. The van der Waals surface area contributed by atoms with E-state index in [0.717, 1.165) is 0 Å². The second kappa shape index (κ2) is 4.95.